The van der Waals surface area contributed by atoms with Gasteiger partial charge < -0.3 is 15.4 Å². The normalized spacial score (nSPS) is 16.7. The van der Waals surface area contributed by atoms with Crippen LogP contribution >= 0.6 is 11.6 Å². The number of rotatable bonds is 1. The highest BCUT2D eigenvalue weighted by atomic mass is 35.5. The molecule has 0 saturated carbocycles. The minimum absolute atomic E-state index is 0.397. The molecule has 0 fully saturated rings. The van der Waals surface area contributed by atoms with Gasteiger partial charge in [0.25, 0.3) is 16.0 Å². The summed E-state index contributed by atoms with van der Waals surface area (Å²) in [6.07, 6.45) is 2.56. The Morgan fingerprint density at radius 1 is 1.41 bits per heavy atom. The quantitative estimate of drug-likeness (QED) is 0.270. The lowest BCUT2D eigenvalue weighted by molar-refractivity contribution is 0.0966. The zero-order valence-corrected chi connectivity index (χ0v) is 16.1. The molecule has 0 radical (unpaired) electrons. The highest BCUT2D eigenvalue weighted by Gasteiger charge is 2.23. The summed E-state index contributed by atoms with van der Waals surface area (Å²) in [5, 5.41) is 21.1. The van der Waals surface area contributed by atoms with E-state index >= 15 is 0 Å². The number of amides is 1. The summed E-state index contributed by atoms with van der Waals surface area (Å²) in [6.45, 7) is 0.657. The van der Waals surface area contributed by atoms with Gasteiger partial charge in [0.1, 0.15) is 5.69 Å². The third-order valence-corrected chi connectivity index (χ3v) is 4.32. The van der Waals surface area contributed by atoms with E-state index in [1.165, 1.54) is 0 Å². The van der Waals surface area contributed by atoms with E-state index in [1.807, 2.05) is 10.6 Å². The Labute approximate surface area is 161 Å². The van der Waals surface area contributed by atoms with E-state index in [2.05, 4.69) is 5.32 Å². The van der Waals surface area contributed by atoms with Crippen molar-refractivity contribution in [3.63, 3.8) is 0 Å². The predicted octanol–water partition coefficient (Wildman–Crippen LogP) is 1.64. The zero-order valence-electron chi connectivity index (χ0n) is 14.6. The molecule has 0 saturated heterocycles. The van der Waals surface area contributed by atoms with Crippen LogP contribution in [0.2, 0.25) is 5.02 Å². The first-order valence-corrected chi connectivity index (χ1v) is 10.3. The van der Waals surface area contributed by atoms with Crippen LogP contribution < -0.4 is 11.1 Å². The summed E-state index contributed by atoms with van der Waals surface area (Å²) in [4.78, 5) is 12.3. The number of nitrogens with two attached hydrogens (primary N) is 1. The molecule has 2 aromatic rings. The maximum atomic E-state index is 12.3. The summed E-state index contributed by atoms with van der Waals surface area (Å²) in [7, 11) is -3.67. The molecule has 148 valence electrons. The van der Waals surface area contributed by atoms with Crippen LogP contribution in [0.15, 0.2) is 18.2 Å². The Bertz CT molecular complexity index is 978. The number of aliphatic hydroxyl groups is 1. The first-order chi connectivity index (χ1) is 12.5. The van der Waals surface area contributed by atoms with Crippen molar-refractivity contribution in [3.8, 4) is 0 Å². The molecule has 27 heavy (non-hydrogen) atoms. The number of benzene rings is 1. The van der Waals surface area contributed by atoms with E-state index in [9.17, 15) is 18.3 Å². The van der Waals surface area contributed by atoms with Gasteiger partial charge in [-0.3, -0.25) is 20.1 Å². The fourth-order valence-electron chi connectivity index (χ4n) is 3.01. The smallest absolute Gasteiger partial charge is 0.274 e. The van der Waals surface area contributed by atoms with E-state index in [1.54, 1.807) is 12.1 Å². The number of carbonyl (C=O) groups is 1. The molecule has 0 aliphatic carbocycles. The number of hydrogen-bond acceptors (Lipinski definition) is 5. The van der Waals surface area contributed by atoms with Crippen LogP contribution in [0.3, 0.4) is 0 Å². The second kappa shape index (κ2) is 8.26. The second-order valence-electron chi connectivity index (χ2n) is 6.19. The molecular weight excluding hydrogens is 396 g/mol. The molecule has 1 unspecified atom stereocenters. The van der Waals surface area contributed by atoms with Crippen molar-refractivity contribution >= 4 is 44.5 Å². The highest BCUT2D eigenvalue weighted by Crippen LogP contribution is 2.36. The number of guanidine groups is 1. The van der Waals surface area contributed by atoms with Gasteiger partial charge in [0.15, 0.2) is 5.96 Å². The maximum absolute atomic E-state index is 12.3. The first kappa shape index (κ1) is 21.2. The Hall–Kier alpha value is -2.14. The minimum Gasteiger partial charge on any atom is -0.388 e. The van der Waals surface area contributed by atoms with Crippen LogP contribution in [0.4, 0.5) is 0 Å². The van der Waals surface area contributed by atoms with Crippen LogP contribution in [0.25, 0.3) is 10.9 Å². The lowest BCUT2D eigenvalue weighted by Crippen LogP contribution is -2.36. The summed E-state index contributed by atoms with van der Waals surface area (Å²) in [5.74, 6) is -0.846. The number of hydrogen-bond donors (Lipinski definition) is 5. The average molecular weight is 417 g/mol. The van der Waals surface area contributed by atoms with E-state index in [4.69, 9.17) is 27.3 Å². The van der Waals surface area contributed by atoms with Gasteiger partial charge >= 0.3 is 0 Å². The van der Waals surface area contributed by atoms with Crippen molar-refractivity contribution < 1.29 is 22.9 Å². The third-order valence-electron chi connectivity index (χ3n) is 3.99. The summed E-state index contributed by atoms with van der Waals surface area (Å²) in [5.41, 5.74) is 7.21. The van der Waals surface area contributed by atoms with Gasteiger partial charge in [-0.05, 0) is 31.4 Å². The van der Waals surface area contributed by atoms with Gasteiger partial charge in [-0.25, -0.2) is 0 Å². The molecule has 1 atom stereocenters. The number of halogens is 1. The highest BCUT2D eigenvalue weighted by molar-refractivity contribution is 7.85. The van der Waals surface area contributed by atoms with Crippen molar-refractivity contribution in [3.05, 3.63) is 34.5 Å². The number of nitrogens with one attached hydrogen (secondary N) is 2. The molecular formula is C16H21ClN4O5S. The third kappa shape index (κ3) is 5.42. The first-order valence-electron chi connectivity index (χ1n) is 8.06. The summed E-state index contributed by atoms with van der Waals surface area (Å²) >= 11 is 6.25. The van der Waals surface area contributed by atoms with Crippen LogP contribution in [0.1, 0.15) is 41.4 Å². The van der Waals surface area contributed by atoms with Crippen LogP contribution in [-0.4, -0.2) is 40.8 Å². The maximum Gasteiger partial charge on any atom is 0.274 e. The fourth-order valence-corrected chi connectivity index (χ4v) is 3.22. The number of nitrogens with zero attached hydrogens (tertiary/aromatic N) is 1. The number of aliphatic hydroxyl groups excluding tert-OH is 1. The van der Waals surface area contributed by atoms with Gasteiger partial charge in [-0.1, -0.05) is 17.7 Å². The lowest BCUT2D eigenvalue weighted by Gasteiger charge is -2.20. The molecule has 0 bridgehead atoms. The topological polar surface area (TPSA) is 158 Å². The van der Waals surface area contributed by atoms with Gasteiger partial charge in [-0.2, -0.15) is 8.42 Å². The van der Waals surface area contributed by atoms with Gasteiger partial charge in [-0.15, -0.1) is 0 Å². The zero-order chi connectivity index (χ0) is 20.4. The Morgan fingerprint density at radius 3 is 2.63 bits per heavy atom. The minimum atomic E-state index is -3.67. The standard InChI is InChI=1S/C15H17ClN4O2.CH4O3S/c16-10-5-4-8-12(21)3-1-2-6-20-11(7-9(10)13(8)20)14(22)19-15(17)18;1-5(2,3)4/h4-5,7,12,21H,1-3,6H2,(H4,17,18,19,22);1H3,(H,2,3,4). The molecule has 3 rings (SSSR count). The SMILES string of the molecule is CS(=O)(=O)O.N=C(N)NC(=O)c1cc2c(Cl)ccc3c2n1CCCCC3O. The van der Waals surface area contributed by atoms with Crippen molar-refractivity contribution in [1.82, 2.24) is 9.88 Å². The van der Waals surface area contributed by atoms with E-state index in [-0.39, 0.29) is 0 Å². The molecule has 2 heterocycles. The van der Waals surface area contributed by atoms with Crippen LogP contribution in [0.5, 0.6) is 0 Å². The Morgan fingerprint density at radius 2 is 2.04 bits per heavy atom. The van der Waals surface area contributed by atoms with Crippen LogP contribution in [0, 0.1) is 5.41 Å². The Balaban J connectivity index is 0.000000465. The fraction of sp³-hybridized carbons (Fsp3) is 0.375. The predicted molar refractivity (Wildman–Crippen MR) is 103 cm³/mol. The molecule has 1 aliphatic rings. The molecule has 6 N–H and O–H groups in total. The monoisotopic (exact) mass is 416 g/mol. The van der Waals surface area contributed by atoms with Gasteiger partial charge in [0, 0.05) is 22.5 Å². The molecule has 1 aromatic heterocycles. The molecule has 1 amide bonds. The van der Waals surface area contributed by atoms with E-state index in [0.717, 1.165) is 29.3 Å². The van der Waals surface area contributed by atoms with Gasteiger partial charge in [0.05, 0.1) is 17.9 Å². The lowest BCUT2D eigenvalue weighted by atomic mass is 10.00. The molecule has 11 heteroatoms. The Kier molecular flexibility index (Phi) is 6.47. The molecule has 1 aromatic carbocycles. The molecule has 0 spiro atoms. The second-order valence-corrected chi connectivity index (χ2v) is 8.07. The van der Waals surface area contributed by atoms with E-state index in [0.29, 0.717) is 29.9 Å². The van der Waals surface area contributed by atoms with Crippen molar-refractivity contribution in [1.29, 1.82) is 5.41 Å². The largest absolute Gasteiger partial charge is 0.388 e. The van der Waals surface area contributed by atoms with Gasteiger partial charge in [0.2, 0.25) is 0 Å². The average Bonchev–Trinajstić information content (AvgIpc) is 2.88. The van der Waals surface area contributed by atoms with Crippen molar-refractivity contribution in [2.24, 2.45) is 5.73 Å². The van der Waals surface area contributed by atoms with E-state index < -0.39 is 28.1 Å². The van der Waals surface area contributed by atoms with Crippen LogP contribution in [-0.2, 0) is 16.7 Å². The number of aryl methyl sites for hydroxylation is 1. The van der Waals surface area contributed by atoms with Crippen molar-refractivity contribution in [2.45, 2.75) is 31.9 Å². The summed E-state index contributed by atoms with van der Waals surface area (Å²) < 4.78 is 27.7. The molecule has 1 aliphatic heterocycles. The summed E-state index contributed by atoms with van der Waals surface area (Å²) in [6, 6.07) is 5.24. The number of carbonyl (C=O) groups excluding carboxylic acids is 1. The number of aromatic nitrogens is 1. The molecule has 9 nitrogen and oxygen atoms in total. The van der Waals surface area contributed by atoms with Crippen molar-refractivity contribution in [2.75, 3.05) is 6.26 Å².